The Bertz CT molecular complexity index is 891. The lowest BCUT2D eigenvalue weighted by Crippen LogP contribution is -2.35. The molecule has 142 valence electrons. The van der Waals surface area contributed by atoms with Crippen molar-refractivity contribution < 1.29 is 9.18 Å². The molecule has 3 rings (SSSR count). The number of fused-ring (bicyclic) bond motifs is 1. The first-order chi connectivity index (χ1) is 13.0. The number of rotatable bonds is 7. The van der Waals surface area contributed by atoms with Crippen molar-refractivity contribution in [2.75, 3.05) is 20.6 Å². The van der Waals surface area contributed by atoms with Gasteiger partial charge in [0.2, 0.25) is 5.91 Å². The zero-order valence-electron chi connectivity index (χ0n) is 15.2. The Labute approximate surface area is 167 Å². The molecule has 0 radical (unpaired) electrons. The number of nitrogens with one attached hydrogen (secondary N) is 1. The number of carbonyl (C=O) groups excluding carboxylic acids is 1. The molecule has 7 heteroatoms. The van der Waals surface area contributed by atoms with E-state index in [1.54, 1.807) is 23.5 Å². The molecule has 27 heavy (non-hydrogen) atoms. The standard InChI is InChI=1S/C20H21ClFN3OS/c1-25(2)16(20-13(21)6-5-7-14(20)22)12-23-18(26)10-11-19-24-15-8-3-4-9-17(15)27-19/h3-9,16H,10-12H2,1-2H3,(H,23,26). The number of aromatic nitrogens is 1. The van der Waals surface area contributed by atoms with Gasteiger partial charge in [0.25, 0.3) is 0 Å². The first-order valence-corrected chi connectivity index (χ1v) is 9.86. The van der Waals surface area contributed by atoms with E-state index in [2.05, 4.69) is 10.3 Å². The van der Waals surface area contributed by atoms with Crippen LogP contribution in [0.5, 0.6) is 0 Å². The smallest absolute Gasteiger partial charge is 0.220 e. The molecule has 0 saturated heterocycles. The van der Waals surface area contributed by atoms with Crippen LogP contribution in [0, 0.1) is 5.82 Å². The Morgan fingerprint density at radius 3 is 2.74 bits per heavy atom. The molecule has 0 aliphatic rings. The van der Waals surface area contributed by atoms with Crippen LogP contribution >= 0.6 is 22.9 Å². The summed E-state index contributed by atoms with van der Waals surface area (Å²) >= 11 is 7.78. The van der Waals surface area contributed by atoms with Crippen LogP contribution in [0.25, 0.3) is 10.2 Å². The number of amides is 1. The highest BCUT2D eigenvalue weighted by Gasteiger charge is 2.21. The highest BCUT2D eigenvalue weighted by molar-refractivity contribution is 7.18. The second kappa shape index (κ2) is 8.78. The van der Waals surface area contributed by atoms with E-state index in [0.29, 0.717) is 23.4 Å². The predicted octanol–water partition coefficient (Wildman–Crippen LogP) is 4.44. The van der Waals surface area contributed by atoms with E-state index >= 15 is 0 Å². The summed E-state index contributed by atoms with van der Waals surface area (Å²) in [5.41, 5.74) is 1.36. The van der Waals surface area contributed by atoms with Gasteiger partial charge in [0.05, 0.1) is 21.3 Å². The first-order valence-electron chi connectivity index (χ1n) is 8.67. The summed E-state index contributed by atoms with van der Waals surface area (Å²) in [6.45, 7) is 0.284. The summed E-state index contributed by atoms with van der Waals surface area (Å²) < 4.78 is 15.3. The molecule has 0 fully saturated rings. The molecule has 0 aliphatic heterocycles. The van der Waals surface area contributed by atoms with Crippen molar-refractivity contribution in [1.29, 1.82) is 0 Å². The second-order valence-corrected chi connectivity index (χ2v) is 8.02. The van der Waals surface area contributed by atoms with Gasteiger partial charge in [-0.25, -0.2) is 9.37 Å². The number of halogens is 2. The Morgan fingerprint density at radius 2 is 2.04 bits per heavy atom. The van der Waals surface area contributed by atoms with E-state index in [9.17, 15) is 9.18 Å². The molecule has 3 aromatic rings. The van der Waals surface area contributed by atoms with E-state index in [1.807, 2.05) is 43.3 Å². The predicted molar refractivity (Wildman–Crippen MR) is 109 cm³/mol. The lowest BCUT2D eigenvalue weighted by molar-refractivity contribution is -0.121. The van der Waals surface area contributed by atoms with Crippen molar-refractivity contribution in [3.8, 4) is 0 Å². The number of hydrogen-bond donors (Lipinski definition) is 1. The lowest BCUT2D eigenvalue weighted by atomic mass is 10.0. The molecule has 1 heterocycles. The van der Waals surface area contributed by atoms with Gasteiger partial charge in [-0.15, -0.1) is 11.3 Å². The third-order valence-corrected chi connectivity index (χ3v) is 5.78. The topological polar surface area (TPSA) is 45.2 Å². The van der Waals surface area contributed by atoms with Gasteiger partial charge in [-0.1, -0.05) is 29.8 Å². The fourth-order valence-electron chi connectivity index (χ4n) is 2.92. The van der Waals surface area contributed by atoms with Crippen LogP contribution in [0.2, 0.25) is 5.02 Å². The molecule has 0 aliphatic carbocycles. The molecule has 1 atom stereocenters. The number of benzene rings is 2. The fourth-order valence-corrected chi connectivity index (χ4v) is 4.17. The third kappa shape index (κ3) is 4.83. The molecule has 2 aromatic carbocycles. The van der Waals surface area contributed by atoms with E-state index in [4.69, 9.17) is 11.6 Å². The molecule has 1 amide bonds. The quantitative estimate of drug-likeness (QED) is 0.632. The van der Waals surface area contributed by atoms with Crippen LogP contribution in [0.3, 0.4) is 0 Å². The van der Waals surface area contributed by atoms with E-state index in [-0.39, 0.29) is 24.3 Å². The summed E-state index contributed by atoms with van der Waals surface area (Å²) in [6, 6.07) is 12.2. The van der Waals surface area contributed by atoms with Gasteiger partial charge in [0.1, 0.15) is 5.82 Å². The largest absolute Gasteiger partial charge is 0.354 e. The summed E-state index contributed by atoms with van der Waals surface area (Å²) in [6.07, 6.45) is 0.920. The Kier molecular flexibility index (Phi) is 6.42. The molecule has 0 bridgehead atoms. The Hall–Kier alpha value is -2.02. The van der Waals surface area contributed by atoms with Crippen LogP contribution < -0.4 is 5.32 Å². The van der Waals surface area contributed by atoms with Crippen molar-refractivity contribution in [3.05, 3.63) is 63.9 Å². The zero-order chi connectivity index (χ0) is 19.4. The summed E-state index contributed by atoms with van der Waals surface area (Å²) in [4.78, 5) is 18.7. The second-order valence-electron chi connectivity index (χ2n) is 6.49. The maximum absolute atomic E-state index is 14.2. The maximum atomic E-state index is 14.2. The third-order valence-electron chi connectivity index (χ3n) is 4.35. The van der Waals surface area contributed by atoms with E-state index in [0.717, 1.165) is 15.2 Å². The normalized spacial score (nSPS) is 12.5. The zero-order valence-corrected chi connectivity index (χ0v) is 16.8. The van der Waals surface area contributed by atoms with Crippen molar-refractivity contribution in [1.82, 2.24) is 15.2 Å². The van der Waals surface area contributed by atoms with Gasteiger partial charge in [-0.3, -0.25) is 4.79 Å². The van der Waals surface area contributed by atoms with Crippen molar-refractivity contribution in [2.24, 2.45) is 0 Å². The van der Waals surface area contributed by atoms with Gasteiger partial charge in [0.15, 0.2) is 0 Å². The average Bonchev–Trinajstić information content (AvgIpc) is 3.05. The number of hydrogen-bond acceptors (Lipinski definition) is 4. The van der Waals surface area contributed by atoms with Gasteiger partial charge in [-0.2, -0.15) is 0 Å². The molecule has 1 aromatic heterocycles. The van der Waals surface area contributed by atoms with Gasteiger partial charge < -0.3 is 10.2 Å². The van der Waals surface area contributed by atoms with Crippen LogP contribution in [0.15, 0.2) is 42.5 Å². The van der Waals surface area contributed by atoms with Crippen LogP contribution in [0.4, 0.5) is 4.39 Å². The van der Waals surface area contributed by atoms with E-state index in [1.165, 1.54) is 6.07 Å². The minimum Gasteiger partial charge on any atom is -0.354 e. The first kappa shape index (κ1) is 19.7. The molecular weight excluding hydrogens is 385 g/mol. The minimum absolute atomic E-state index is 0.0893. The molecule has 1 N–H and O–H groups in total. The summed E-state index contributed by atoms with van der Waals surface area (Å²) in [5.74, 6) is -0.460. The number of likely N-dealkylation sites (N-methyl/N-ethyl adjacent to an activating group) is 1. The van der Waals surface area contributed by atoms with E-state index < -0.39 is 0 Å². The summed E-state index contributed by atoms with van der Waals surface area (Å²) in [7, 11) is 3.67. The number of aryl methyl sites for hydroxylation is 1. The van der Waals surface area contributed by atoms with Crippen LogP contribution in [0.1, 0.15) is 23.0 Å². The number of para-hydroxylation sites is 1. The maximum Gasteiger partial charge on any atom is 0.220 e. The van der Waals surface area contributed by atoms with Crippen molar-refractivity contribution >= 4 is 39.1 Å². The van der Waals surface area contributed by atoms with Crippen molar-refractivity contribution in [2.45, 2.75) is 18.9 Å². The monoisotopic (exact) mass is 405 g/mol. The average molecular weight is 406 g/mol. The molecule has 1 unspecified atom stereocenters. The van der Waals surface area contributed by atoms with Gasteiger partial charge in [0, 0.05) is 30.0 Å². The molecule has 4 nitrogen and oxygen atoms in total. The van der Waals surface area contributed by atoms with Crippen LogP contribution in [-0.4, -0.2) is 36.4 Å². The highest BCUT2D eigenvalue weighted by atomic mass is 35.5. The van der Waals surface area contributed by atoms with Gasteiger partial charge >= 0.3 is 0 Å². The number of nitrogens with zero attached hydrogens (tertiary/aromatic N) is 2. The number of thiazole rings is 1. The highest BCUT2D eigenvalue weighted by Crippen LogP contribution is 2.28. The molecular formula is C20H21ClFN3OS. The number of carbonyl (C=O) groups is 1. The minimum atomic E-state index is -0.370. The fraction of sp³-hybridized carbons (Fsp3) is 0.300. The van der Waals surface area contributed by atoms with Gasteiger partial charge in [-0.05, 0) is 38.4 Å². The Balaban J connectivity index is 1.59. The summed E-state index contributed by atoms with van der Waals surface area (Å²) in [5, 5.41) is 4.19. The molecule has 0 saturated carbocycles. The lowest BCUT2D eigenvalue weighted by Gasteiger charge is -2.26. The Morgan fingerprint density at radius 1 is 1.26 bits per heavy atom. The molecule has 0 spiro atoms. The van der Waals surface area contributed by atoms with Crippen LogP contribution in [-0.2, 0) is 11.2 Å². The van der Waals surface area contributed by atoms with Crippen molar-refractivity contribution in [3.63, 3.8) is 0 Å². The SMILES string of the molecule is CN(C)C(CNC(=O)CCc1nc2ccccc2s1)c1c(F)cccc1Cl.